The van der Waals surface area contributed by atoms with Gasteiger partial charge in [-0.2, -0.15) is 0 Å². The Morgan fingerprint density at radius 1 is 1.38 bits per heavy atom. The van der Waals surface area contributed by atoms with Crippen molar-refractivity contribution in [3.8, 4) is 0 Å². The second-order valence-electron chi connectivity index (χ2n) is 5.15. The maximum atomic E-state index is 14.1. The summed E-state index contributed by atoms with van der Waals surface area (Å²) >= 11 is 1.20. The summed E-state index contributed by atoms with van der Waals surface area (Å²) in [5.74, 6) is -0.574. The molecule has 0 N–H and O–H groups in total. The van der Waals surface area contributed by atoms with E-state index in [2.05, 4.69) is 15.5 Å². The van der Waals surface area contributed by atoms with Gasteiger partial charge in [-0.05, 0) is 54.1 Å². The zero-order valence-corrected chi connectivity index (χ0v) is 12.4. The summed E-state index contributed by atoms with van der Waals surface area (Å²) in [6.45, 7) is 1.42. The van der Waals surface area contributed by atoms with E-state index in [-0.39, 0.29) is 5.78 Å². The predicted molar refractivity (Wildman–Crippen MR) is 75.8 cm³/mol. The molecule has 5 nitrogen and oxygen atoms in total. The summed E-state index contributed by atoms with van der Waals surface area (Å²) in [7, 11) is 0. The number of tetrazole rings is 1. The summed E-state index contributed by atoms with van der Waals surface area (Å²) in [4.78, 5) is 11.7. The van der Waals surface area contributed by atoms with Crippen molar-refractivity contribution in [2.75, 3.05) is 0 Å². The van der Waals surface area contributed by atoms with Gasteiger partial charge in [-0.1, -0.05) is 18.9 Å². The number of ketones is 1. The molecule has 0 aliphatic heterocycles. The maximum Gasteiger partial charge on any atom is 0.214 e. The number of benzene rings is 1. The highest BCUT2D eigenvalue weighted by Crippen LogP contribution is 2.34. The van der Waals surface area contributed by atoms with Gasteiger partial charge in [0.05, 0.1) is 10.9 Å². The molecule has 1 aliphatic carbocycles. The van der Waals surface area contributed by atoms with Gasteiger partial charge in [0.25, 0.3) is 0 Å². The lowest BCUT2D eigenvalue weighted by Gasteiger charge is -2.11. The quantitative estimate of drug-likeness (QED) is 0.811. The largest absolute Gasteiger partial charge is 0.295 e. The molecular formula is C14H15FN4OS. The zero-order valence-electron chi connectivity index (χ0n) is 11.6. The Bertz CT molecular complexity index is 667. The van der Waals surface area contributed by atoms with Crippen LogP contribution < -0.4 is 0 Å². The highest BCUT2D eigenvalue weighted by molar-refractivity contribution is 7.99. The second kappa shape index (κ2) is 5.93. The van der Waals surface area contributed by atoms with Crippen LogP contribution in [-0.2, 0) is 0 Å². The van der Waals surface area contributed by atoms with Crippen LogP contribution in [0, 0.1) is 5.82 Å². The van der Waals surface area contributed by atoms with Gasteiger partial charge in [-0.15, -0.1) is 5.10 Å². The Kier molecular flexibility index (Phi) is 4.01. The molecule has 2 aromatic rings. The van der Waals surface area contributed by atoms with Crippen LogP contribution in [0.1, 0.15) is 49.0 Å². The lowest BCUT2D eigenvalue weighted by Crippen LogP contribution is -2.08. The van der Waals surface area contributed by atoms with Gasteiger partial charge >= 0.3 is 0 Å². The van der Waals surface area contributed by atoms with Crippen LogP contribution in [0.15, 0.2) is 28.3 Å². The van der Waals surface area contributed by atoms with Crippen molar-refractivity contribution in [2.24, 2.45) is 0 Å². The molecule has 0 spiro atoms. The van der Waals surface area contributed by atoms with E-state index in [1.165, 1.54) is 37.6 Å². The first-order valence-electron chi connectivity index (χ1n) is 6.91. The third kappa shape index (κ3) is 2.97. The van der Waals surface area contributed by atoms with E-state index in [0.29, 0.717) is 21.7 Å². The summed E-state index contributed by atoms with van der Waals surface area (Å²) < 4.78 is 15.8. The van der Waals surface area contributed by atoms with Gasteiger partial charge in [0.2, 0.25) is 5.16 Å². The highest BCUT2D eigenvalue weighted by atomic mass is 32.2. The first kappa shape index (κ1) is 14.2. The average Bonchev–Trinajstić information content (AvgIpc) is 3.11. The number of carbonyl (C=O) groups excluding carboxylic acids is 1. The number of aromatic nitrogens is 4. The number of carbonyl (C=O) groups is 1. The molecular weight excluding hydrogens is 291 g/mol. The molecule has 0 bridgehead atoms. The normalized spacial score (nSPS) is 15.5. The van der Waals surface area contributed by atoms with Crippen LogP contribution in [0.4, 0.5) is 4.39 Å². The van der Waals surface area contributed by atoms with Crippen LogP contribution in [0.25, 0.3) is 0 Å². The molecule has 3 rings (SSSR count). The van der Waals surface area contributed by atoms with Crippen LogP contribution in [0.3, 0.4) is 0 Å². The summed E-state index contributed by atoms with van der Waals surface area (Å²) in [5.41, 5.74) is 0.368. The van der Waals surface area contributed by atoms with Crippen molar-refractivity contribution in [1.82, 2.24) is 20.2 Å². The lowest BCUT2D eigenvalue weighted by molar-refractivity contribution is 0.101. The summed E-state index contributed by atoms with van der Waals surface area (Å²) in [6, 6.07) is 4.79. The first-order chi connectivity index (χ1) is 10.1. The number of hydrogen-bond acceptors (Lipinski definition) is 5. The third-order valence-electron chi connectivity index (χ3n) is 3.67. The molecule has 0 unspecified atom stereocenters. The van der Waals surface area contributed by atoms with E-state index >= 15 is 0 Å². The predicted octanol–water partition coefficient (Wildman–Crippen LogP) is 3.28. The third-order valence-corrected chi connectivity index (χ3v) is 4.68. The van der Waals surface area contributed by atoms with Crippen molar-refractivity contribution in [1.29, 1.82) is 0 Å². The standard InChI is InChI=1S/C14H15FN4OS/c1-9(20)10-6-7-13(12(15)8-10)21-14-16-17-18-19(14)11-4-2-3-5-11/h6-8,11H,2-5H2,1H3. The molecule has 0 atom stereocenters. The SMILES string of the molecule is CC(=O)c1ccc(Sc2nnnn2C2CCCC2)c(F)c1. The molecule has 0 saturated heterocycles. The monoisotopic (exact) mass is 306 g/mol. The molecule has 1 fully saturated rings. The van der Waals surface area contributed by atoms with Gasteiger partial charge < -0.3 is 0 Å². The Morgan fingerprint density at radius 3 is 2.81 bits per heavy atom. The Hall–Kier alpha value is -1.76. The van der Waals surface area contributed by atoms with Crippen molar-refractivity contribution >= 4 is 17.5 Å². The number of halogens is 1. The molecule has 1 heterocycles. The molecule has 0 radical (unpaired) electrons. The van der Waals surface area contributed by atoms with Gasteiger partial charge in [-0.3, -0.25) is 4.79 Å². The van der Waals surface area contributed by atoms with Crippen LogP contribution in [0.2, 0.25) is 0 Å². The minimum Gasteiger partial charge on any atom is -0.295 e. The Balaban J connectivity index is 1.84. The van der Waals surface area contributed by atoms with Crippen molar-refractivity contribution in [2.45, 2.75) is 48.7 Å². The van der Waals surface area contributed by atoms with Crippen molar-refractivity contribution in [3.05, 3.63) is 29.6 Å². The van der Waals surface area contributed by atoms with E-state index in [4.69, 9.17) is 0 Å². The van der Waals surface area contributed by atoms with Crippen molar-refractivity contribution in [3.63, 3.8) is 0 Å². The van der Waals surface area contributed by atoms with Crippen LogP contribution in [0.5, 0.6) is 0 Å². The van der Waals surface area contributed by atoms with Crippen molar-refractivity contribution < 1.29 is 9.18 Å². The molecule has 1 saturated carbocycles. The maximum absolute atomic E-state index is 14.1. The van der Waals surface area contributed by atoms with Gasteiger partial charge in [0.1, 0.15) is 5.82 Å². The molecule has 21 heavy (non-hydrogen) atoms. The smallest absolute Gasteiger partial charge is 0.214 e. The summed E-state index contributed by atoms with van der Waals surface area (Å²) in [6.07, 6.45) is 4.47. The topological polar surface area (TPSA) is 60.7 Å². The zero-order chi connectivity index (χ0) is 14.8. The number of nitrogens with zero attached hydrogens (tertiary/aromatic N) is 4. The van der Waals surface area contributed by atoms with E-state index < -0.39 is 5.82 Å². The Morgan fingerprint density at radius 2 is 2.14 bits per heavy atom. The van der Waals surface area contributed by atoms with E-state index in [1.54, 1.807) is 16.8 Å². The van der Waals surface area contributed by atoms with E-state index in [9.17, 15) is 9.18 Å². The fourth-order valence-corrected chi connectivity index (χ4v) is 3.38. The lowest BCUT2D eigenvalue weighted by atomic mass is 10.1. The highest BCUT2D eigenvalue weighted by Gasteiger charge is 2.22. The number of Topliss-reactive ketones (excluding diaryl/α,β-unsaturated/α-hetero) is 1. The van der Waals surface area contributed by atoms with E-state index in [1.807, 2.05) is 0 Å². The molecule has 1 aliphatic rings. The van der Waals surface area contributed by atoms with Crippen LogP contribution >= 0.6 is 11.8 Å². The molecule has 1 aromatic carbocycles. The minimum atomic E-state index is -0.423. The Labute approximate surface area is 125 Å². The molecule has 7 heteroatoms. The number of hydrogen-bond donors (Lipinski definition) is 0. The molecule has 1 aromatic heterocycles. The molecule has 0 amide bonds. The average molecular weight is 306 g/mol. The first-order valence-corrected chi connectivity index (χ1v) is 7.73. The summed E-state index contributed by atoms with van der Waals surface area (Å²) in [5, 5.41) is 12.3. The second-order valence-corrected chi connectivity index (χ2v) is 6.16. The van der Waals surface area contributed by atoms with Gasteiger partial charge in [-0.25, -0.2) is 9.07 Å². The van der Waals surface area contributed by atoms with Gasteiger partial charge in [0, 0.05) is 5.56 Å². The fourth-order valence-electron chi connectivity index (χ4n) is 2.53. The van der Waals surface area contributed by atoms with Gasteiger partial charge in [0.15, 0.2) is 5.78 Å². The van der Waals surface area contributed by atoms with E-state index in [0.717, 1.165) is 12.8 Å². The fraction of sp³-hybridized carbons (Fsp3) is 0.429. The minimum absolute atomic E-state index is 0.152. The van der Waals surface area contributed by atoms with Crippen LogP contribution in [-0.4, -0.2) is 26.0 Å². The molecule has 110 valence electrons. The number of rotatable bonds is 4.